The molecule has 22 heavy (non-hydrogen) atoms. The molecule has 3 amide bonds. The summed E-state index contributed by atoms with van der Waals surface area (Å²) in [6, 6.07) is 7.78. The number of nitrogens with one attached hydrogen (secondary N) is 2. The van der Waals surface area contributed by atoms with Gasteiger partial charge in [0.1, 0.15) is 0 Å². The Balaban J connectivity index is 1.83. The summed E-state index contributed by atoms with van der Waals surface area (Å²) < 4.78 is 1.08. The highest BCUT2D eigenvalue weighted by Crippen LogP contribution is 2.19. The standard InChI is InChI=1S/C16H22IN3O2/c1-11(2)18-15(21)12-6-8-20(9-7-12)16(22)19-14-5-3-4-13(17)10-14/h3-5,10-12H,6-9H2,1-2H3,(H,18,21)(H,19,22). The summed E-state index contributed by atoms with van der Waals surface area (Å²) in [6.07, 6.45) is 1.44. The van der Waals surface area contributed by atoms with E-state index in [2.05, 4.69) is 33.2 Å². The van der Waals surface area contributed by atoms with Gasteiger partial charge in [-0.3, -0.25) is 4.79 Å². The van der Waals surface area contributed by atoms with E-state index in [0.717, 1.165) is 22.1 Å². The normalized spacial score (nSPS) is 15.7. The first-order valence-electron chi connectivity index (χ1n) is 7.57. The van der Waals surface area contributed by atoms with Gasteiger partial charge in [-0.2, -0.15) is 0 Å². The van der Waals surface area contributed by atoms with Crippen LogP contribution in [-0.4, -0.2) is 36.0 Å². The lowest BCUT2D eigenvalue weighted by atomic mass is 9.96. The van der Waals surface area contributed by atoms with Gasteiger partial charge in [-0.15, -0.1) is 0 Å². The van der Waals surface area contributed by atoms with Crippen molar-refractivity contribution < 1.29 is 9.59 Å². The first-order valence-corrected chi connectivity index (χ1v) is 8.65. The van der Waals surface area contributed by atoms with Crippen molar-refractivity contribution >= 4 is 40.2 Å². The fraction of sp³-hybridized carbons (Fsp3) is 0.500. The summed E-state index contributed by atoms with van der Waals surface area (Å²) in [4.78, 5) is 26.0. The summed E-state index contributed by atoms with van der Waals surface area (Å²) in [6.45, 7) is 5.15. The van der Waals surface area contributed by atoms with Gasteiger partial charge >= 0.3 is 6.03 Å². The van der Waals surface area contributed by atoms with E-state index in [0.29, 0.717) is 13.1 Å². The van der Waals surface area contributed by atoms with Crippen LogP contribution in [0.3, 0.4) is 0 Å². The fourth-order valence-electron chi connectivity index (χ4n) is 2.52. The molecule has 1 heterocycles. The quantitative estimate of drug-likeness (QED) is 0.746. The summed E-state index contributed by atoms with van der Waals surface area (Å²) in [7, 11) is 0. The Labute approximate surface area is 145 Å². The van der Waals surface area contributed by atoms with Gasteiger partial charge in [-0.05, 0) is 67.5 Å². The minimum absolute atomic E-state index is 0.0177. The fourth-order valence-corrected chi connectivity index (χ4v) is 3.06. The predicted octanol–water partition coefficient (Wildman–Crippen LogP) is 3.06. The van der Waals surface area contributed by atoms with Gasteiger partial charge in [0.05, 0.1) is 0 Å². The number of carbonyl (C=O) groups excluding carboxylic acids is 2. The molecule has 0 saturated carbocycles. The molecule has 0 atom stereocenters. The SMILES string of the molecule is CC(C)NC(=O)C1CCN(C(=O)Nc2cccc(I)c2)CC1. The third-order valence-electron chi connectivity index (χ3n) is 3.66. The molecule has 0 radical (unpaired) electrons. The highest BCUT2D eigenvalue weighted by molar-refractivity contribution is 14.1. The maximum atomic E-state index is 12.2. The Morgan fingerprint density at radius 1 is 1.27 bits per heavy atom. The number of anilines is 1. The lowest BCUT2D eigenvalue weighted by Gasteiger charge is -2.31. The van der Waals surface area contributed by atoms with E-state index in [4.69, 9.17) is 0 Å². The summed E-state index contributed by atoms with van der Waals surface area (Å²) in [5, 5.41) is 5.85. The number of halogens is 1. The second kappa shape index (κ2) is 7.80. The molecule has 1 saturated heterocycles. The Kier molecular flexibility index (Phi) is 6.05. The van der Waals surface area contributed by atoms with Crippen LogP contribution in [0, 0.1) is 9.49 Å². The van der Waals surface area contributed by atoms with Crippen LogP contribution in [0.15, 0.2) is 24.3 Å². The summed E-state index contributed by atoms with van der Waals surface area (Å²) in [5.74, 6) is 0.122. The molecule has 1 fully saturated rings. The summed E-state index contributed by atoms with van der Waals surface area (Å²) >= 11 is 2.22. The van der Waals surface area contributed by atoms with E-state index in [-0.39, 0.29) is 23.9 Å². The van der Waals surface area contributed by atoms with Crippen molar-refractivity contribution in [1.82, 2.24) is 10.2 Å². The molecule has 1 aliphatic rings. The molecule has 0 unspecified atom stereocenters. The lowest BCUT2D eigenvalue weighted by Crippen LogP contribution is -2.45. The minimum atomic E-state index is -0.0929. The summed E-state index contributed by atoms with van der Waals surface area (Å²) in [5.41, 5.74) is 0.802. The van der Waals surface area contributed by atoms with Crippen LogP contribution in [0.25, 0.3) is 0 Å². The van der Waals surface area contributed by atoms with Gasteiger partial charge in [-0.1, -0.05) is 6.07 Å². The topological polar surface area (TPSA) is 61.4 Å². The molecule has 2 N–H and O–H groups in total. The van der Waals surface area contributed by atoms with Crippen LogP contribution in [0.5, 0.6) is 0 Å². The highest BCUT2D eigenvalue weighted by Gasteiger charge is 2.27. The van der Waals surface area contributed by atoms with Crippen LogP contribution in [0.1, 0.15) is 26.7 Å². The van der Waals surface area contributed by atoms with Gasteiger partial charge < -0.3 is 15.5 Å². The minimum Gasteiger partial charge on any atom is -0.354 e. The van der Waals surface area contributed by atoms with Gasteiger partial charge in [-0.25, -0.2) is 4.79 Å². The lowest BCUT2D eigenvalue weighted by molar-refractivity contribution is -0.126. The van der Waals surface area contributed by atoms with Gasteiger partial charge in [0.15, 0.2) is 0 Å². The van der Waals surface area contributed by atoms with Crippen LogP contribution < -0.4 is 10.6 Å². The second-order valence-electron chi connectivity index (χ2n) is 5.87. The van der Waals surface area contributed by atoms with Crippen molar-refractivity contribution in [2.45, 2.75) is 32.7 Å². The average molecular weight is 415 g/mol. The molecular formula is C16H22IN3O2. The number of nitrogens with zero attached hydrogens (tertiary/aromatic N) is 1. The molecule has 2 rings (SSSR count). The second-order valence-corrected chi connectivity index (χ2v) is 7.11. The molecule has 0 aliphatic carbocycles. The van der Waals surface area contributed by atoms with Gasteiger partial charge in [0.25, 0.3) is 0 Å². The van der Waals surface area contributed by atoms with Crippen LogP contribution >= 0.6 is 22.6 Å². The van der Waals surface area contributed by atoms with Crippen molar-refractivity contribution in [3.8, 4) is 0 Å². The molecule has 6 heteroatoms. The van der Waals surface area contributed by atoms with E-state index in [1.54, 1.807) is 4.90 Å². The molecule has 1 aliphatic heterocycles. The number of rotatable bonds is 3. The number of piperidine rings is 1. The molecule has 1 aromatic carbocycles. The van der Waals surface area contributed by atoms with E-state index in [9.17, 15) is 9.59 Å². The van der Waals surface area contributed by atoms with Crippen molar-refractivity contribution in [3.05, 3.63) is 27.8 Å². The third-order valence-corrected chi connectivity index (χ3v) is 4.33. The van der Waals surface area contributed by atoms with Gasteiger partial charge in [0, 0.05) is 34.3 Å². The van der Waals surface area contributed by atoms with Crippen molar-refractivity contribution in [3.63, 3.8) is 0 Å². The van der Waals surface area contributed by atoms with Crippen molar-refractivity contribution in [2.75, 3.05) is 18.4 Å². The van der Waals surface area contributed by atoms with Crippen LogP contribution in [0.2, 0.25) is 0 Å². The monoisotopic (exact) mass is 415 g/mol. The van der Waals surface area contributed by atoms with Crippen LogP contribution in [-0.2, 0) is 4.79 Å². The van der Waals surface area contributed by atoms with Gasteiger partial charge in [0.2, 0.25) is 5.91 Å². The number of amides is 3. The predicted molar refractivity (Wildman–Crippen MR) is 95.8 cm³/mol. The zero-order valence-electron chi connectivity index (χ0n) is 12.9. The van der Waals surface area contributed by atoms with Crippen molar-refractivity contribution in [2.24, 2.45) is 5.92 Å². The number of carbonyl (C=O) groups is 2. The molecule has 0 spiro atoms. The van der Waals surface area contributed by atoms with Crippen LogP contribution in [0.4, 0.5) is 10.5 Å². The molecule has 120 valence electrons. The number of hydrogen-bond acceptors (Lipinski definition) is 2. The van der Waals surface area contributed by atoms with E-state index in [1.807, 2.05) is 38.1 Å². The van der Waals surface area contributed by atoms with E-state index >= 15 is 0 Å². The van der Waals surface area contributed by atoms with E-state index in [1.165, 1.54) is 0 Å². The first-order chi connectivity index (χ1) is 10.5. The Bertz CT molecular complexity index is 540. The third kappa shape index (κ3) is 4.86. The Morgan fingerprint density at radius 2 is 1.95 bits per heavy atom. The molecule has 0 bridgehead atoms. The zero-order valence-corrected chi connectivity index (χ0v) is 15.1. The number of likely N-dealkylation sites (tertiary alicyclic amines) is 1. The maximum Gasteiger partial charge on any atom is 0.321 e. The molecular weight excluding hydrogens is 393 g/mol. The number of urea groups is 1. The Morgan fingerprint density at radius 3 is 2.55 bits per heavy atom. The first kappa shape index (κ1) is 17.1. The maximum absolute atomic E-state index is 12.2. The highest BCUT2D eigenvalue weighted by atomic mass is 127. The number of benzene rings is 1. The molecule has 0 aromatic heterocycles. The number of hydrogen-bond donors (Lipinski definition) is 2. The molecule has 1 aromatic rings. The van der Waals surface area contributed by atoms with Crippen molar-refractivity contribution in [1.29, 1.82) is 0 Å². The van der Waals surface area contributed by atoms with E-state index < -0.39 is 0 Å². The zero-order chi connectivity index (χ0) is 16.1. The largest absolute Gasteiger partial charge is 0.354 e. The Hall–Kier alpha value is -1.31. The average Bonchev–Trinajstić information content (AvgIpc) is 2.46. The molecule has 5 nitrogen and oxygen atoms in total. The smallest absolute Gasteiger partial charge is 0.321 e.